The summed E-state index contributed by atoms with van der Waals surface area (Å²) in [5.41, 5.74) is 2.75. The highest BCUT2D eigenvalue weighted by Crippen LogP contribution is 2.41. The lowest BCUT2D eigenvalue weighted by Gasteiger charge is -2.43. The predicted octanol–water partition coefficient (Wildman–Crippen LogP) is 4.75. The quantitative estimate of drug-likeness (QED) is 0.865. The summed E-state index contributed by atoms with van der Waals surface area (Å²) in [6.45, 7) is 0.880. The first kappa shape index (κ1) is 18.2. The molecule has 2 aromatic rings. The molecule has 0 saturated heterocycles. The van der Waals surface area contributed by atoms with Gasteiger partial charge in [-0.1, -0.05) is 23.7 Å². The summed E-state index contributed by atoms with van der Waals surface area (Å²) in [5.74, 6) is 0. The topological polar surface area (TPSA) is 24.9 Å². The number of aromatic nitrogens is 1. The summed E-state index contributed by atoms with van der Waals surface area (Å²) < 4.78 is 0. The van der Waals surface area contributed by atoms with Gasteiger partial charge in [0, 0.05) is 29.5 Å². The first-order chi connectivity index (χ1) is 9.28. The maximum atomic E-state index is 5.97. The zero-order chi connectivity index (χ0) is 13.1. The molecule has 2 nitrogen and oxygen atoms in total. The Bertz CT molecular complexity index is 539. The molecule has 0 atom stereocenters. The van der Waals surface area contributed by atoms with E-state index in [-0.39, 0.29) is 30.4 Å². The van der Waals surface area contributed by atoms with Crippen LogP contribution in [0.5, 0.6) is 0 Å². The molecular formula is C16H19Cl3N2. The van der Waals surface area contributed by atoms with Crippen molar-refractivity contribution in [3.63, 3.8) is 0 Å². The molecule has 0 radical (unpaired) electrons. The SMILES string of the molecule is Cl.Cl.Clc1ccc(C2(NCc3ccncc3)CCC2)cc1. The second-order valence-electron chi connectivity index (χ2n) is 5.15. The van der Waals surface area contributed by atoms with Gasteiger partial charge in [-0.2, -0.15) is 0 Å². The van der Waals surface area contributed by atoms with Crippen LogP contribution in [0.25, 0.3) is 0 Å². The molecule has 1 aromatic heterocycles. The van der Waals surface area contributed by atoms with E-state index in [1.165, 1.54) is 30.4 Å². The predicted molar refractivity (Wildman–Crippen MR) is 92.6 cm³/mol. The van der Waals surface area contributed by atoms with Crippen molar-refractivity contribution in [3.05, 3.63) is 64.9 Å². The molecule has 1 aliphatic rings. The van der Waals surface area contributed by atoms with Crippen LogP contribution in [-0.2, 0) is 12.1 Å². The van der Waals surface area contributed by atoms with E-state index < -0.39 is 0 Å². The molecular weight excluding hydrogens is 327 g/mol. The summed E-state index contributed by atoms with van der Waals surface area (Å²) >= 11 is 5.97. The third-order valence-electron chi connectivity index (χ3n) is 3.98. The minimum Gasteiger partial charge on any atom is -0.303 e. The van der Waals surface area contributed by atoms with E-state index in [1.807, 2.05) is 24.5 Å². The van der Waals surface area contributed by atoms with Gasteiger partial charge in [-0.15, -0.1) is 24.8 Å². The second kappa shape index (κ2) is 8.00. The van der Waals surface area contributed by atoms with Gasteiger partial charge >= 0.3 is 0 Å². The van der Waals surface area contributed by atoms with E-state index in [0.29, 0.717) is 0 Å². The first-order valence-electron chi connectivity index (χ1n) is 6.68. The van der Waals surface area contributed by atoms with Crippen LogP contribution >= 0.6 is 36.4 Å². The second-order valence-corrected chi connectivity index (χ2v) is 5.59. The minimum atomic E-state index is 0. The Balaban J connectivity index is 0.00000110. The third-order valence-corrected chi connectivity index (χ3v) is 4.24. The largest absolute Gasteiger partial charge is 0.303 e. The Morgan fingerprint density at radius 3 is 2.14 bits per heavy atom. The van der Waals surface area contributed by atoms with E-state index >= 15 is 0 Å². The summed E-state index contributed by atoms with van der Waals surface area (Å²) in [4.78, 5) is 4.05. The maximum Gasteiger partial charge on any atom is 0.0437 e. The van der Waals surface area contributed by atoms with E-state index in [0.717, 1.165) is 11.6 Å². The maximum absolute atomic E-state index is 5.97. The molecule has 0 aliphatic heterocycles. The van der Waals surface area contributed by atoms with Gasteiger partial charge in [0.1, 0.15) is 0 Å². The number of benzene rings is 1. The van der Waals surface area contributed by atoms with Gasteiger partial charge in [0.15, 0.2) is 0 Å². The summed E-state index contributed by atoms with van der Waals surface area (Å²) in [7, 11) is 0. The van der Waals surface area contributed by atoms with E-state index in [2.05, 4.69) is 34.6 Å². The van der Waals surface area contributed by atoms with Crippen molar-refractivity contribution in [3.8, 4) is 0 Å². The van der Waals surface area contributed by atoms with Gasteiger partial charge in [0.2, 0.25) is 0 Å². The van der Waals surface area contributed by atoms with E-state index in [1.54, 1.807) is 0 Å². The molecule has 114 valence electrons. The fourth-order valence-electron chi connectivity index (χ4n) is 2.64. The van der Waals surface area contributed by atoms with Crippen molar-refractivity contribution >= 4 is 36.4 Å². The number of pyridine rings is 1. The van der Waals surface area contributed by atoms with Gasteiger partial charge < -0.3 is 5.32 Å². The molecule has 1 fully saturated rings. The molecule has 3 rings (SSSR count). The highest BCUT2D eigenvalue weighted by atomic mass is 35.5. The van der Waals surface area contributed by atoms with Gasteiger partial charge in [-0.3, -0.25) is 4.98 Å². The summed E-state index contributed by atoms with van der Waals surface area (Å²) in [6, 6.07) is 12.3. The lowest BCUT2D eigenvalue weighted by molar-refractivity contribution is 0.183. The molecule has 5 heteroatoms. The Labute approximate surface area is 143 Å². The lowest BCUT2D eigenvalue weighted by Crippen LogP contribution is -2.47. The number of nitrogens with zero attached hydrogens (tertiary/aromatic N) is 1. The lowest BCUT2D eigenvalue weighted by atomic mass is 9.71. The first-order valence-corrected chi connectivity index (χ1v) is 7.06. The van der Waals surface area contributed by atoms with Crippen LogP contribution in [0, 0.1) is 0 Å². The standard InChI is InChI=1S/C16H17ClN2.2ClH/c17-15-4-2-14(3-5-15)16(8-1-9-16)19-12-13-6-10-18-11-7-13;;/h2-7,10-11,19H,1,8-9,12H2;2*1H. The van der Waals surface area contributed by atoms with Gasteiger partial charge in [-0.05, 0) is 54.7 Å². The van der Waals surface area contributed by atoms with Crippen molar-refractivity contribution in [2.45, 2.75) is 31.3 Å². The van der Waals surface area contributed by atoms with Crippen molar-refractivity contribution < 1.29 is 0 Å². The van der Waals surface area contributed by atoms with Crippen LogP contribution in [0.3, 0.4) is 0 Å². The molecule has 1 aliphatic carbocycles. The number of halogens is 3. The third kappa shape index (κ3) is 4.10. The highest BCUT2D eigenvalue weighted by Gasteiger charge is 2.37. The average Bonchev–Trinajstić information content (AvgIpc) is 2.41. The zero-order valence-corrected chi connectivity index (χ0v) is 14.0. The van der Waals surface area contributed by atoms with E-state index in [4.69, 9.17) is 11.6 Å². The van der Waals surface area contributed by atoms with Gasteiger partial charge in [0.05, 0.1) is 0 Å². The van der Waals surface area contributed by atoms with Crippen molar-refractivity contribution in [2.24, 2.45) is 0 Å². The smallest absolute Gasteiger partial charge is 0.0437 e. The molecule has 1 N–H and O–H groups in total. The molecule has 0 amide bonds. The van der Waals surface area contributed by atoms with Crippen LogP contribution in [0.15, 0.2) is 48.8 Å². The normalized spacial score (nSPS) is 15.3. The minimum absolute atomic E-state index is 0. The van der Waals surface area contributed by atoms with Crippen LogP contribution in [0.4, 0.5) is 0 Å². The Hall–Kier alpha value is -0.800. The van der Waals surface area contributed by atoms with Crippen LogP contribution in [0.2, 0.25) is 5.02 Å². The highest BCUT2D eigenvalue weighted by molar-refractivity contribution is 6.30. The Kier molecular flexibility index (Phi) is 6.95. The fourth-order valence-corrected chi connectivity index (χ4v) is 2.76. The van der Waals surface area contributed by atoms with Crippen LogP contribution < -0.4 is 5.32 Å². The molecule has 21 heavy (non-hydrogen) atoms. The van der Waals surface area contributed by atoms with Crippen LogP contribution in [0.1, 0.15) is 30.4 Å². The molecule has 0 unspecified atom stereocenters. The Morgan fingerprint density at radius 2 is 1.62 bits per heavy atom. The van der Waals surface area contributed by atoms with Crippen molar-refractivity contribution in [1.29, 1.82) is 0 Å². The van der Waals surface area contributed by atoms with Crippen molar-refractivity contribution in [2.75, 3.05) is 0 Å². The summed E-state index contributed by atoms with van der Waals surface area (Å²) in [5, 5.41) is 4.51. The average molecular weight is 346 g/mol. The zero-order valence-electron chi connectivity index (χ0n) is 11.6. The number of nitrogens with one attached hydrogen (secondary N) is 1. The monoisotopic (exact) mass is 344 g/mol. The van der Waals surface area contributed by atoms with Gasteiger partial charge in [0.25, 0.3) is 0 Å². The molecule has 1 saturated carbocycles. The summed E-state index contributed by atoms with van der Waals surface area (Å²) in [6.07, 6.45) is 7.35. The Morgan fingerprint density at radius 1 is 1.00 bits per heavy atom. The number of hydrogen-bond acceptors (Lipinski definition) is 2. The van der Waals surface area contributed by atoms with Crippen LogP contribution in [-0.4, -0.2) is 4.98 Å². The molecule has 1 aromatic carbocycles. The fraction of sp³-hybridized carbons (Fsp3) is 0.312. The van der Waals surface area contributed by atoms with Gasteiger partial charge in [-0.25, -0.2) is 0 Å². The molecule has 0 spiro atoms. The number of rotatable bonds is 4. The number of hydrogen-bond donors (Lipinski definition) is 1. The van der Waals surface area contributed by atoms with Crippen molar-refractivity contribution in [1.82, 2.24) is 10.3 Å². The molecule has 1 heterocycles. The van der Waals surface area contributed by atoms with E-state index in [9.17, 15) is 0 Å². The molecule has 0 bridgehead atoms.